The summed E-state index contributed by atoms with van der Waals surface area (Å²) < 4.78 is 10.7. The molecule has 0 spiro atoms. The number of ether oxygens (including phenoxy) is 2. The van der Waals surface area contributed by atoms with Crippen LogP contribution in [-0.2, 0) is 9.47 Å². The molecule has 1 heterocycles. The lowest BCUT2D eigenvalue weighted by atomic mass is 10.1. The number of piperazine rings is 1. The quantitative estimate of drug-likeness (QED) is 0.660. The molecule has 1 aliphatic carbocycles. The van der Waals surface area contributed by atoms with Gasteiger partial charge in [0.25, 0.3) is 0 Å². The highest BCUT2D eigenvalue weighted by Gasteiger charge is 2.35. The molecule has 2 atom stereocenters. The van der Waals surface area contributed by atoms with Crippen molar-refractivity contribution in [1.29, 1.82) is 0 Å². The van der Waals surface area contributed by atoms with Crippen molar-refractivity contribution in [1.82, 2.24) is 10.2 Å². The Labute approximate surface area is 111 Å². The Kier molecular flexibility index (Phi) is 5.89. The van der Waals surface area contributed by atoms with Gasteiger partial charge in [-0.25, -0.2) is 0 Å². The van der Waals surface area contributed by atoms with Crippen LogP contribution >= 0.6 is 0 Å². The zero-order chi connectivity index (χ0) is 12.8. The molecule has 2 aliphatic rings. The Bertz CT molecular complexity index is 234. The molecular weight excluding hydrogens is 228 g/mol. The van der Waals surface area contributed by atoms with Crippen LogP contribution in [0.25, 0.3) is 0 Å². The summed E-state index contributed by atoms with van der Waals surface area (Å²) in [6, 6.07) is 1.37. The van der Waals surface area contributed by atoms with Gasteiger partial charge in [0, 0.05) is 52.0 Å². The lowest BCUT2D eigenvalue weighted by molar-refractivity contribution is 0.0581. The first-order chi connectivity index (χ1) is 8.81. The van der Waals surface area contributed by atoms with Crippen LogP contribution < -0.4 is 5.32 Å². The standard InChI is InChI=1S/C14H28N2O2/c1-12-10-15-14(13-4-5-13)11-16(12)6-9-18-8-3-7-17-2/h12-15H,3-11H2,1-2H3. The number of hydrogen-bond donors (Lipinski definition) is 1. The minimum Gasteiger partial charge on any atom is -0.385 e. The van der Waals surface area contributed by atoms with E-state index in [1.165, 1.54) is 19.4 Å². The van der Waals surface area contributed by atoms with Gasteiger partial charge in [-0.05, 0) is 32.1 Å². The third-order valence-electron chi connectivity index (χ3n) is 4.08. The predicted octanol–water partition coefficient (Wildman–Crippen LogP) is 1.11. The highest BCUT2D eigenvalue weighted by molar-refractivity contribution is 4.93. The number of nitrogens with one attached hydrogen (secondary N) is 1. The molecule has 0 amide bonds. The maximum absolute atomic E-state index is 5.66. The Morgan fingerprint density at radius 1 is 1.22 bits per heavy atom. The smallest absolute Gasteiger partial charge is 0.0593 e. The summed E-state index contributed by atoms with van der Waals surface area (Å²) in [5.41, 5.74) is 0. The summed E-state index contributed by atoms with van der Waals surface area (Å²) in [5.74, 6) is 0.947. The molecule has 0 aromatic heterocycles. The van der Waals surface area contributed by atoms with Gasteiger partial charge in [0.2, 0.25) is 0 Å². The molecule has 4 heteroatoms. The van der Waals surface area contributed by atoms with Crippen LogP contribution in [0.2, 0.25) is 0 Å². The molecule has 0 bridgehead atoms. The van der Waals surface area contributed by atoms with Gasteiger partial charge in [-0.3, -0.25) is 4.90 Å². The normalized spacial score (nSPS) is 29.7. The Morgan fingerprint density at radius 3 is 2.78 bits per heavy atom. The molecule has 0 aromatic carbocycles. The molecule has 1 saturated heterocycles. The lowest BCUT2D eigenvalue weighted by Gasteiger charge is -2.39. The predicted molar refractivity (Wildman–Crippen MR) is 72.9 cm³/mol. The van der Waals surface area contributed by atoms with Crippen molar-refractivity contribution in [3.63, 3.8) is 0 Å². The largest absolute Gasteiger partial charge is 0.385 e. The molecule has 2 rings (SSSR count). The average Bonchev–Trinajstić information content (AvgIpc) is 3.20. The third kappa shape index (κ3) is 4.50. The summed E-state index contributed by atoms with van der Waals surface area (Å²) in [7, 11) is 1.74. The molecule has 2 unspecified atom stereocenters. The van der Waals surface area contributed by atoms with Gasteiger partial charge in [0.15, 0.2) is 0 Å². The number of methoxy groups -OCH3 is 1. The first-order valence-corrected chi connectivity index (χ1v) is 7.35. The zero-order valence-electron chi connectivity index (χ0n) is 11.9. The van der Waals surface area contributed by atoms with E-state index >= 15 is 0 Å². The monoisotopic (exact) mass is 256 g/mol. The van der Waals surface area contributed by atoms with E-state index in [0.717, 1.165) is 51.3 Å². The fourth-order valence-electron chi connectivity index (χ4n) is 2.66. The molecule has 106 valence electrons. The first kappa shape index (κ1) is 14.3. The average molecular weight is 256 g/mol. The second-order valence-corrected chi connectivity index (χ2v) is 5.65. The second-order valence-electron chi connectivity index (χ2n) is 5.65. The van der Waals surface area contributed by atoms with E-state index in [1.54, 1.807) is 7.11 Å². The number of hydrogen-bond acceptors (Lipinski definition) is 4. The van der Waals surface area contributed by atoms with Gasteiger partial charge in [-0.2, -0.15) is 0 Å². The van der Waals surface area contributed by atoms with Crippen molar-refractivity contribution in [3.8, 4) is 0 Å². The topological polar surface area (TPSA) is 33.7 Å². The molecule has 18 heavy (non-hydrogen) atoms. The second kappa shape index (κ2) is 7.43. The van der Waals surface area contributed by atoms with Crippen LogP contribution in [-0.4, -0.2) is 63.5 Å². The summed E-state index contributed by atoms with van der Waals surface area (Å²) >= 11 is 0. The van der Waals surface area contributed by atoms with Crippen LogP contribution in [0.15, 0.2) is 0 Å². The van der Waals surface area contributed by atoms with E-state index in [2.05, 4.69) is 17.1 Å². The van der Waals surface area contributed by atoms with E-state index in [4.69, 9.17) is 9.47 Å². The summed E-state index contributed by atoms with van der Waals surface area (Å²) in [4.78, 5) is 2.58. The molecule has 0 aromatic rings. The molecule has 1 saturated carbocycles. The SMILES string of the molecule is COCCCOCCN1CC(C2CC2)NCC1C. The lowest BCUT2D eigenvalue weighted by Crippen LogP contribution is -2.56. The van der Waals surface area contributed by atoms with Gasteiger partial charge in [0.1, 0.15) is 0 Å². The van der Waals surface area contributed by atoms with Crippen LogP contribution in [0.3, 0.4) is 0 Å². The zero-order valence-corrected chi connectivity index (χ0v) is 11.9. The minimum atomic E-state index is 0.641. The van der Waals surface area contributed by atoms with Gasteiger partial charge < -0.3 is 14.8 Å². The van der Waals surface area contributed by atoms with Crippen LogP contribution in [0, 0.1) is 5.92 Å². The Balaban J connectivity index is 1.58. The molecule has 0 radical (unpaired) electrons. The highest BCUT2D eigenvalue weighted by Crippen LogP contribution is 2.34. The van der Waals surface area contributed by atoms with E-state index in [0.29, 0.717) is 6.04 Å². The highest BCUT2D eigenvalue weighted by atomic mass is 16.5. The fraction of sp³-hybridized carbons (Fsp3) is 1.00. The van der Waals surface area contributed by atoms with Crippen molar-refractivity contribution in [2.75, 3.05) is 46.6 Å². The molecule has 2 fully saturated rings. The van der Waals surface area contributed by atoms with E-state index in [1.807, 2.05) is 0 Å². The third-order valence-corrected chi connectivity index (χ3v) is 4.08. The molecule has 1 aliphatic heterocycles. The van der Waals surface area contributed by atoms with Crippen LogP contribution in [0.4, 0.5) is 0 Å². The maximum Gasteiger partial charge on any atom is 0.0593 e. The fourth-order valence-corrected chi connectivity index (χ4v) is 2.66. The van der Waals surface area contributed by atoms with E-state index in [-0.39, 0.29) is 0 Å². The van der Waals surface area contributed by atoms with Crippen LogP contribution in [0.5, 0.6) is 0 Å². The summed E-state index contributed by atoms with van der Waals surface area (Å²) in [5, 5.41) is 3.68. The Hall–Kier alpha value is -0.160. The maximum atomic E-state index is 5.66. The number of nitrogens with zero attached hydrogens (tertiary/aromatic N) is 1. The van der Waals surface area contributed by atoms with Gasteiger partial charge in [-0.1, -0.05) is 0 Å². The first-order valence-electron chi connectivity index (χ1n) is 7.35. The summed E-state index contributed by atoms with van der Waals surface area (Å²) in [6.07, 6.45) is 3.85. The van der Waals surface area contributed by atoms with Crippen molar-refractivity contribution >= 4 is 0 Å². The van der Waals surface area contributed by atoms with E-state index in [9.17, 15) is 0 Å². The van der Waals surface area contributed by atoms with Crippen molar-refractivity contribution < 1.29 is 9.47 Å². The van der Waals surface area contributed by atoms with Crippen LogP contribution in [0.1, 0.15) is 26.2 Å². The van der Waals surface area contributed by atoms with E-state index < -0.39 is 0 Å². The Morgan fingerprint density at radius 2 is 2.06 bits per heavy atom. The van der Waals surface area contributed by atoms with Crippen molar-refractivity contribution in [2.45, 2.75) is 38.3 Å². The van der Waals surface area contributed by atoms with Crippen molar-refractivity contribution in [2.24, 2.45) is 5.92 Å². The van der Waals surface area contributed by atoms with Gasteiger partial charge in [0.05, 0.1) is 6.61 Å². The summed E-state index contributed by atoms with van der Waals surface area (Å²) in [6.45, 7) is 8.18. The van der Waals surface area contributed by atoms with Gasteiger partial charge in [-0.15, -0.1) is 0 Å². The molecular formula is C14H28N2O2. The minimum absolute atomic E-state index is 0.641. The van der Waals surface area contributed by atoms with Crippen molar-refractivity contribution in [3.05, 3.63) is 0 Å². The molecule has 1 N–H and O–H groups in total. The number of rotatable bonds is 8. The van der Waals surface area contributed by atoms with Gasteiger partial charge >= 0.3 is 0 Å². The molecule has 4 nitrogen and oxygen atoms in total.